The number of nitrogens with zero attached hydrogens (tertiary/aromatic N) is 2. The smallest absolute Gasteiger partial charge is 0.130 e. The van der Waals surface area contributed by atoms with Gasteiger partial charge in [0.2, 0.25) is 0 Å². The van der Waals surface area contributed by atoms with E-state index in [4.69, 9.17) is 11.6 Å². The molecule has 0 aliphatic rings. The Balaban J connectivity index is 2.42. The van der Waals surface area contributed by atoms with Gasteiger partial charge in [-0.05, 0) is 30.7 Å². The largest absolute Gasteiger partial charge is 0.379 e. The van der Waals surface area contributed by atoms with Crippen molar-refractivity contribution in [3.8, 4) is 0 Å². The summed E-state index contributed by atoms with van der Waals surface area (Å²) >= 11 is 5.81. The standard InChI is InChI=1S/C12H13ClN2O/c1-12(16,11-7-8-15(2)14-11)9-3-5-10(13)6-4-9/h3-8,16H,1-2H3. The second kappa shape index (κ2) is 3.92. The fourth-order valence-electron chi connectivity index (χ4n) is 1.60. The molecule has 1 N–H and O–H groups in total. The van der Waals surface area contributed by atoms with E-state index in [1.165, 1.54) is 0 Å². The highest BCUT2D eigenvalue weighted by Gasteiger charge is 2.27. The van der Waals surface area contributed by atoms with Gasteiger partial charge >= 0.3 is 0 Å². The minimum atomic E-state index is -1.09. The van der Waals surface area contributed by atoms with Gasteiger partial charge in [-0.1, -0.05) is 23.7 Å². The summed E-state index contributed by atoms with van der Waals surface area (Å²) in [4.78, 5) is 0. The van der Waals surface area contributed by atoms with E-state index in [9.17, 15) is 5.11 Å². The molecule has 1 unspecified atom stereocenters. The Labute approximate surface area is 99.3 Å². The van der Waals surface area contributed by atoms with E-state index in [0.717, 1.165) is 5.56 Å². The molecular weight excluding hydrogens is 224 g/mol. The first-order chi connectivity index (χ1) is 7.50. The van der Waals surface area contributed by atoms with E-state index in [2.05, 4.69) is 5.10 Å². The molecule has 0 aliphatic carbocycles. The fourth-order valence-corrected chi connectivity index (χ4v) is 1.72. The lowest BCUT2D eigenvalue weighted by molar-refractivity contribution is 0.0967. The molecule has 0 spiro atoms. The fraction of sp³-hybridized carbons (Fsp3) is 0.250. The second-order valence-corrected chi connectivity index (χ2v) is 4.39. The Kier molecular flexibility index (Phi) is 2.74. The number of aromatic nitrogens is 2. The van der Waals surface area contributed by atoms with Crippen molar-refractivity contribution in [2.75, 3.05) is 0 Å². The number of hydrogen-bond acceptors (Lipinski definition) is 2. The van der Waals surface area contributed by atoms with Crippen LogP contribution in [0.2, 0.25) is 5.02 Å². The van der Waals surface area contributed by atoms with E-state index < -0.39 is 5.60 Å². The van der Waals surface area contributed by atoms with Crippen molar-refractivity contribution in [3.05, 3.63) is 52.8 Å². The van der Waals surface area contributed by atoms with Gasteiger partial charge < -0.3 is 5.11 Å². The molecule has 1 aromatic heterocycles. The van der Waals surface area contributed by atoms with Crippen molar-refractivity contribution in [2.24, 2.45) is 7.05 Å². The van der Waals surface area contributed by atoms with Crippen LogP contribution in [0.25, 0.3) is 0 Å². The van der Waals surface area contributed by atoms with Gasteiger partial charge in [0.25, 0.3) is 0 Å². The average molecular weight is 237 g/mol. The molecule has 16 heavy (non-hydrogen) atoms. The predicted molar refractivity (Wildman–Crippen MR) is 63.3 cm³/mol. The summed E-state index contributed by atoms with van der Waals surface area (Å²) in [6, 6.07) is 8.92. The third kappa shape index (κ3) is 1.96. The van der Waals surface area contributed by atoms with Crippen molar-refractivity contribution in [2.45, 2.75) is 12.5 Å². The highest BCUT2D eigenvalue weighted by Crippen LogP contribution is 2.28. The van der Waals surface area contributed by atoms with Crippen molar-refractivity contribution in [1.29, 1.82) is 0 Å². The zero-order chi connectivity index (χ0) is 11.8. The number of halogens is 1. The number of rotatable bonds is 2. The van der Waals surface area contributed by atoms with E-state index in [1.54, 1.807) is 48.1 Å². The molecule has 0 fully saturated rings. The monoisotopic (exact) mass is 236 g/mol. The first-order valence-electron chi connectivity index (χ1n) is 4.98. The lowest BCUT2D eigenvalue weighted by Crippen LogP contribution is -2.23. The van der Waals surface area contributed by atoms with E-state index in [1.807, 2.05) is 7.05 Å². The Morgan fingerprint density at radius 2 is 1.88 bits per heavy atom. The molecule has 1 heterocycles. The van der Waals surface area contributed by atoms with Crippen LogP contribution in [0, 0.1) is 0 Å². The Hall–Kier alpha value is -1.32. The highest BCUT2D eigenvalue weighted by atomic mass is 35.5. The molecule has 2 rings (SSSR count). The molecule has 0 radical (unpaired) electrons. The van der Waals surface area contributed by atoms with Crippen LogP contribution >= 0.6 is 11.6 Å². The van der Waals surface area contributed by atoms with Crippen LogP contribution in [0.1, 0.15) is 18.2 Å². The van der Waals surface area contributed by atoms with Gasteiger partial charge in [-0.2, -0.15) is 5.10 Å². The lowest BCUT2D eigenvalue weighted by atomic mass is 9.93. The predicted octanol–water partition coefficient (Wildman–Crippen LogP) is 2.33. The minimum Gasteiger partial charge on any atom is -0.379 e. The topological polar surface area (TPSA) is 38.0 Å². The Morgan fingerprint density at radius 1 is 1.25 bits per heavy atom. The Bertz CT molecular complexity index is 488. The van der Waals surface area contributed by atoms with Gasteiger partial charge in [0.05, 0.1) is 5.69 Å². The molecule has 0 saturated carbocycles. The van der Waals surface area contributed by atoms with Crippen molar-refractivity contribution in [3.63, 3.8) is 0 Å². The molecular formula is C12H13ClN2O. The van der Waals surface area contributed by atoms with Gasteiger partial charge in [-0.25, -0.2) is 0 Å². The summed E-state index contributed by atoms with van der Waals surface area (Å²) < 4.78 is 1.67. The number of hydrogen-bond donors (Lipinski definition) is 1. The van der Waals surface area contributed by atoms with E-state index >= 15 is 0 Å². The van der Waals surface area contributed by atoms with Crippen LogP contribution in [-0.4, -0.2) is 14.9 Å². The molecule has 0 aliphatic heterocycles. The summed E-state index contributed by atoms with van der Waals surface area (Å²) in [6.45, 7) is 1.72. The van der Waals surface area contributed by atoms with E-state index in [-0.39, 0.29) is 0 Å². The molecule has 0 bridgehead atoms. The zero-order valence-corrected chi connectivity index (χ0v) is 9.94. The summed E-state index contributed by atoms with van der Waals surface area (Å²) in [6.07, 6.45) is 1.81. The van der Waals surface area contributed by atoms with Gasteiger partial charge in [0.15, 0.2) is 0 Å². The lowest BCUT2D eigenvalue weighted by Gasteiger charge is -2.21. The molecule has 2 aromatic rings. The third-order valence-corrected chi connectivity index (χ3v) is 2.87. The SMILES string of the molecule is Cn1ccc(C(C)(O)c2ccc(Cl)cc2)n1. The normalized spacial score (nSPS) is 14.8. The Morgan fingerprint density at radius 3 is 2.38 bits per heavy atom. The van der Waals surface area contributed by atoms with Crippen LogP contribution in [0.15, 0.2) is 36.5 Å². The first kappa shape index (κ1) is 11.2. The average Bonchev–Trinajstić information content (AvgIpc) is 2.66. The van der Waals surface area contributed by atoms with Crippen LogP contribution in [-0.2, 0) is 12.6 Å². The van der Waals surface area contributed by atoms with Crippen LogP contribution < -0.4 is 0 Å². The maximum Gasteiger partial charge on any atom is 0.130 e. The number of aliphatic hydroxyl groups is 1. The van der Waals surface area contributed by atoms with Gasteiger partial charge in [-0.3, -0.25) is 4.68 Å². The number of aryl methyl sites for hydroxylation is 1. The molecule has 1 aromatic carbocycles. The van der Waals surface area contributed by atoms with Gasteiger partial charge in [-0.15, -0.1) is 0 Å². The third-order valence-electron chi connectivity index (χ3n) is 2.62. The van der Waals surface area contributed by atoms with Crippen molar-refractivity contribution in [1.82, 2.24) is 9.78 Å². The first-order valence-corrected chi connectivity index (χ1v) is 5.36. The minimum absolute atomic E-state index is 0.623. The van der Waals surface area contributed by atoms with Crippen LogP contribution in [0.5, 0.6) is 0 Å². The van der Waals surface area contributed by atoms with Crippen molar-refractivity contribution >= 4 is 11.6 Å². The summed E-state index contributed by atoms with van der Waals surface area (Å²) in [5.74, 6) is 0. The van der Waals surface area contributed by atoms with E-state index in [0.29, 0.717) is 10.7 Å². The zero-order valence-electron chi connectivity index (χ0n) is 9.18. The molecule has 0 amide bonds. The van der Waals surface area contributed by atoms with Gasteiger partial charge in [0.1, 0.15) is 5.60 Å². The summed E-state index contributed by atoms with van der Waals surface area (Å²) in [5.41, 5.74) is 0.305. The van der Waals surface area contributed by atoms with Crippen LogP contribution in [0.3, 0.4) is 0 Å². The molecule has 1 atom stereocenters. The maximum absolute atomic E-state index is 10.4. The number of benzene rings is 1. The van der Waals surface area contributed by atoms with Crippen LogP contribution in [0.4, 0.5) is 0 Å². The maximum atomic E-state index is 10.4. The quantitative estimate of drug-likeness (QED) is 0.869. The molecule has 4 heteroatoms. The van der Waals surface area contributed by atoms with Crippen molar-refractivity contribution < 1.29 is 5.11 Å². The van der Waals surface area contributed by atoms with Gasteiger partial charge in [0, 0.05) is 18.3 Å². The molecule has 0 saturated heterocycles. The molecule has 84 valence electrons. The highest BCUT2D eigenvalue weighted by molar-refractivity contribution is 6.30. The second-order valence-electron chi connectivity index (χ2n) is 3.95. The molecule has 3 nitrogen and oxygen atoms in total. The summed E-state index contributed by atoms with van der Waals surface area (Å²) in [5, 5.41) is 15.3. The summed E-state index contributed by atoms with van der Waals surface area (Å²) in [7, 11) is 1.82.